The monoisotopic (exact) mass is 330 g/mol. The van der Waals surface area contributed by atoms with Crippen LogP contribution in [0.5, 0.6) is 11.5 Å². The van der Waals surface area contributed by atoms with E-state index in [-0.39, 0.29) is 12.6 Å². The van der Waals surface area contributed by atoms with Crippen LogP contribution in [0.3, 0.4) is 0 Å². The van der Waals surface area contributed by atoms with Gasteiger partial charge in [0.05, 0.1) is 25.6 Å². The number of hydrogen-bond donors (Lipinski definition) is 1. The van der Waals surface area contributed by atoms with Gasteiger partial charge in [0.2, 0.25) is 0 Å². The Hall–Kier alpha value is -2.76. The van der Waals surface area contributed by atoms with E-state index in [1.807, 2.05) is 30.3 Å². The number of nitrogens with zero attached hydrogens (tertiary/aromatic N) is 1. The number of carbonyl (C=O) groups excluding carboxylic acids is 1. The lowest BCUT2D eigenvalue weighted by molar-refractivity contribution is -0.142. The first-order valence-electron chi connectivity index (χ1n) is 7.66. The first kappa shape index (κ1) is 17.6. The van der Waals surface area contributed by atoms with E-state index in [9.17, 15) is 4.79 Å². The molecular weight excluding hydrogens is 308 g/mol. The van der Waals surface area contributed by atoms with E-state index < -0.39 is 0 Å². The quantitative estimate of drug-likeness (QED) is 0.751. The highest BCUT2D eigenvalue weighted by Crippen LogP contribution is 2.28. The molecule has 2 rings (SSSR count). The molecule has 0 radical (unpaired) electrons. The molecule has 0 fully saturated rings. The van der Waals surface area contributed by atoms with E-state index in [1.54, 1.807) is 20.4 Å². The Balaban J connectivity index is 2.00. The van der Waals surface area contributed by atoms with Gasteiger partial charge in [-0.2, -0.15) is 0 Å². The van der Waals surface area contributed by atoms with Gasteiger partial charge in [-0.25, -0.2) is 0 Å². The number of esters is 1. The second-order valence-electron chi connectivity index (χ2n) is 5.13. The van der Waals surface area contributed by atoms with Crippen molar-refractivity contribution in [3.05, 3.63) is 47.8 Å². The Labute approximate surface area is 141 Å². The van der Waals surface area contributed by atoms with Gasteiger partial charge >= 0.3 is 5.97 Å². The molecular formula is C18H22N2O4. The molecule has 0 amide bonds. The van der Waals surface area contributed by atoms with Crippen molar-refractivity contribution in [1.82, 2.24) is 4.98 Å². The van der Waals surface area contributed by atoms with Crippen LogP contribution >= 0.6 is 0 Å². The minimum atomic E-state index is -0.314. The lowest BCUT2D eigenvalue weighted by Crippen LogP contribution is -2.10. The number of carbonyl (C=O) groups is 1. The molecule has 1 N–H and O–H groups in total. The topological polar surface area (TPSA) is 69.7 Å². The molecule has 0 saturated carbocycles. The van der Waals surface area contributed by atoms with Crippen molar-refractivity contribution >= 4 is 11.7 Å². The summed E-state index contributed by atoms with van der Waals surface area (Å²) in [6.07, 6.45) is 2.44. The van der Waals surface area contributed by atoms with E-state index in [4.69, 9.17) is 14.2 Å². The third-order valence-corrected chi connectivity index (χ3v) is 3.51. The molecule has 0 saturated heterocycles. The molecule has 0 spiro atoms. The molecule has 24 heavy (non-hydrogen) atoms. The SMILES string of the molecule is COc1ccc(OC)c(NCCc2cccnc2COC(C)=O)c1. The van der Waals surface area contributed by atoms with Gasteiger partial charge < -0.3 is 19.5 Å². The molecule has 6 nitrogen and oxygen atoms in total. The molecule has 2 aromatic rings. The van der Waals surface area contributed by atoms with Crippen molar-refractivity contribution < 1.29 is 19.0 Å². The van der Waals surface area contributed by atoms with Crippen molar-refractivity contribution in [2.45, 2.75) is 20.0 Å². The second kappa shape index (κ2) is 8.76. The third-order valence-electron chi connectivity index (χ3n) is 3.51. The summed E-state index contributed by atoms with van der Waals surface area (Å²) in [5.41, 5.74) is 2.67. The van der Waals surface area contributed by atoms with E-state index in [1.165, 1.54) is 6.92 Å². The molecule has 1 aromatic carbocycles. The Morgan fingerprint density at radius 3 is 2.75 bits per heavy atom. The molecule has 0 aliphatic heterocycles. The summed E-state index contributed by atoms with van der Waals surface area (Å²) in [6.45, 7) is 2.26. The number of nitrogens with one attached hydrogen (secondary N) is 1. The van der Waals surface area contributed by atoms with Crippen LogP contribution in [0.25, 0.3) is 0 Å². The summed E-state index contributed by atoms with van der Waals surface area (Å²) < 4.78 is 15.6. The van der Waals surface area contributed by atoms with Crippen molar-refractivity contribution in [1.29, 1.82) is 0 Å². The molecule has 0 aliphatic rings. The van der Waals surface area contributed by atoms with Crippen LogP contribution in [-0.4, -0.2) is 31.7 Å². The number of anilines is 1. The minimum Gasteiger partial charge on any atom is -0.497 e. The molecule has 0 bridgehead atoms. The van der Waals surface area contributed by atoms with Gasteiger partial charge in [0, 0.05) is 25.7 Å². The summed E-state index contributed by atoms with van der Waals surface area (Å²) in [4.78, 5) is 15.3. The van der Waals surface area contributed by atoms with Crippen LogP contribution in [0.1, 0.15) is 18.2 Å². The van der Waals surface area contributed by atoms with Crippen LogP contribution in [0, 0.1) is 0 Å². The number of benzene rings is 1. The number of ether oxygens (including phenoxy) is 3. The molecule has 0 aliphatic carbocycles. The standard InChI is InChI=1S/C18H22N2O4/c1-13(21)24-12-17-14(5-4-9-19-17)8-10-20-16-11-15(22-2)6-7-18(16)23-3/h4-7,9,11,20H,8,10,12H2,1-3H3. The second-order valence-corrected chi connectivity index (χ2v) is 5.13. The zero-order valence-corrected chi connectivity index (χ0v) is 14.2. The van der Waals surface area contributed by atoms with Gasteiger partial charge in [-0.05, 0) is 30.2 Å². The minimum absolute atomic E-state index is 0.188. The van der Waals surface area contributed by atoms with E-state index in [2.05, 4.69) is 10.3 Å². The molecule has 1 heterocycles. The third kappa shape index (κ3) is 4.87. The summed E-state index contributed by atoms with van der Waals surface area (Å²) in [7, 11) is 3.26. The number of rotatable bonds is 8. The highest BCUT2D eigenvalue weighted by molar-refractivity contribution is 5.65. The summed E-state index contributed by atoms with van der Waals surface area (Å²) >= 11 is 0. The average molecular weight is 330 g/mol. The summed E-state index contributed by atoms with van der Waals surface area (Å²) in [6, 6.07) is 9.45. The molecule has 0 unspecified atom stereocenters. The van der Waals surface area contributed by atoms with Crippen molar-refractivity contribution in [3.8, 4) is 11.5 Å². The molecule has 128 valence electrons. The first-order chi connectivity index (χ1) is 11.6. The Morgan fingerprint density at radius 1 is 1.21 bits per heavy atom. The van der Waals surface area contributed by atoms with Crippen LogP contribution in [0.2, 0.25) is 0 Å². The van der Waals surface area contributed by atoms with Crippen molar-refractivity contribution in [2.24, 2.45) is 0 Å². The highest BCUT2D eigenvalue weighted by atomic mass is 16.5. The van der Waals surface area contributed by atoms with E-state index >= 15 is 0 Å². The highest BCUT2D eigenvalue weighted by Gasteiger charge is 2.07. The lowest BCUT2D eigenvalue weighted by atomic mass is 10.1. The van der Waals surface area contributed by atoms with Gasteiger partial charge in [0.25, 0.3) is 0 Å². The fourth-order valence-corrected chi connectivity index (χ4v) is 2.28. The van der Waals surface area contributed by atoms with Crippen molar-refractivity contribution in [2.75, 3.05) is 26.1 Å². The van der Waals surface area contributed by atoms with Gasteiger partial charge in [-0.3, -0.25) is 9.78 Å². The van der Waals surface area contributed by atoms with Crippen LogP contribution < -0.4 is 14.8 Å². The van der Waals surface area contributed by atoms with Gasteiger partial charge in [-0.1, -0.05) is 6.07 Å². The lowest BCUT2D eigenvalue weighted by Gasteiger charge is -2.13. The summed E-state index contributed by atoms with van der Waals surface area (Å²) in [5, 5.41) is 3.34. The Morgan fingerprint density at radius 2 is 2.04 bits per heavy atom. The number of aromatic nitrogens is 1. The molecule has 1 aromatic heterocycles. The average Bonchev–Trinajstić information content (AvgIpc) is 2.60. The van der Waals surface area contributed by atoms with E-state index in [0.29, 0.717) is 6.54 Å². The zero-order chi connectivity index (χ0) is 17.4. The predicted octanol–water partition coefficient (Wildman–Crippen LogP) is 2.82. The van der Waals surface area contributed by atoms with Gasteiger partial charge in [0.1, 0.15) is 18.1 Å². The fourth-order valence-electron chi connectivity index (χ4n) is 2.28. The number of pyridine rings is 1. The number of hydrogen-bond acceptors (Lipinski definition) is 6. The molecule has 0 atom stereocenters. The van der Waals surface area contributed by atoms with Gasteiger partial charge in [0.15, 0.2) is 0 Å². The Bertz CT molecular complexity index is 688. The normalized spacial score (nSPS) is 10.1. The van der Waals surface area contributed by atoms with Crippen molar-refractivity contribution in [3.63, 3.8) is 0 Å². The largest absolute Gasteiger partial charge is 0.497 e. The van der Waals surface area contributed by atoms with Crippen LogP contribution in [0.4, 0.5) is 5.69 Å². The zero-order valence-electron chi connectivity index (χ0n) is 14.2. The Kier molecular flexibility index (Phi) is 6.42. The number of methoxy groups -OCH3 is 2. The first-order valence-corrected chi connectivity index (χ1v) is 7.66. The van der Waals surface area contributed by atoms with Gasteiger partial charge in [-0.15, -0.1) is 0 Å². The predicted molar refractivity (Wildman–Crippen MR) is 91.4 cm³/mol. The smallest absolute Gasteiger partial charge is 0.303 e. The maximum absolute atomic E-state index is 11.0. The summed E-state index contributed by atoms with van der Waals surface area (Å²) in [5.74, 6) is 1.20. The van der Waals surface area contributed by atoms with Crippen LogP contribution in [0.15, 0.2) is 36.5 Å². The molecule has 6 heteroatoms. The fraction of sp³-hybridized carbons (Fsp3) is 0.333. The van der Waals surface area contributed by atoms with E-state index in [0.717, 1.165) is 34.9 Å². The van der Waals surface area contributed by atoms with Crippen LogP contribution in [-0.2, 0) is 22.6 Å². The maximum Gasteiger partial charge on any atom is 0.303 e. The maximum atomic E-state index is 11.0.